The summed E-state index contributed by atoms with van der Waals surface area (Å²) in [6.45, 7) is 3.64. The Balaban J connectivity index is 0.932. The fourth-order valence-corrected chi connectivity index (χ4v) is 6.61. The monoisotopic (exact) mass is 694 g/mol. The van der Waals surface area contributed by atoms with Crippen molar-refractivity contribution in [2.75, 3.05) is 38.2 Å². The van der Waals surface area contributed by atoms with Crippen molar-refractivity contribution in [1.29, 1.82) is 0 Å². The molecular weight excluding hydrogens is 660 g/mol. The number of rotatable bonds is 11. The first-order valence-corrected chi connectivity index (χ1v) is 16.9. The van der Waals surface area contributed by atoms with Crippen molar-refractivity contribution >= 4 is 41.2 Å². The normalized spacial score (nSPS) is 16.3. The van der Waals surface area contributed by atoms with Crippen molar-refractivity contribution in [2.45, 2.75) is 38.4 Å². The molecule has 7 rings (SSSR count). The van der Waals surface area contributed by atoms with Crippen LogP contribution in [0.15, 0.2) is 72.9 Å². The van der Waals surface area contributed by atoms with Crippen molar-refractivity contribution < 1.29 is 28.7 Å². The molecule has 4 aromatic rings. The lowest BCUT2D eigenvalue weighted by Gasteiger charge is -2.23. The van der Waals surface area contributed by atoms with E-state index in [4.69, 9.17) is 21.1 Å². The number of benzene rings is 3. The first kappa shape index (κ1) is 33.2. The van der Waals surface area contributed by atoms with Gasteiger partial charge in [-0.2, -0.15) is 0 Å². The average molecular weight is 695 g/mol. The Bertz CT molecular complexity index is 1950. The summed E-state index contributed by atoms with van der Waals surface area (Å²) in [5, 5.41) is 6.69. The molecule has 1 atom stereocenters. The van der Waals surface area contributed by atoms with Gasteiger partial charge in [-0.15, -0.1) is 0 Å². The summed E-state index contributed by atoms with van der Waals surface area (Å²) in [6, 6.07) is 19.3. The molecule has 3 aliphatic rings. The maximum absolute atomic E-state index is 13.4. The Morgan fingerprint density at radius 3 is 2.50 bits per heavy atom. The number of carbonyl (C=O) groups is 4. The van der Waals surface area contributed by atoms with E-state index in [2.05, 4.69) is 20.6 Å². The zero-order valence-electron chi connectivity index (χ0n) is 27.4. The second-order valence-corrected chi connectivity index (χ2v) is 12.9. The topological polar surface area (TPSA) is 143 Å². The lowest BCUT2D eigenvalue weighted by atomic mass is 10.0. The number of carbonyl (C=O) groups excluding carboxylic acids is 4. The van der Waals surface area contributed by atoms with Gasteiger partial charge in [0.1, 0.15) is 18.9 Å². The van der Waals surface area contributed by atoms with Crippen LogP contribution in [0.2, 0.25) is 5.02 Å². The van der Waals surface area contributed by atoms with E-state index in [1.807, 2.05) is 25.1 Å². The van der Waals surface area contributed by atoms with Gasteiger partial charge in [-0.1, -0.05) is 48.0 Å². The van der Waals surface area contributed by atoms with E-state index in [-0.39, 0.29) is 55.4 Å². The molecule has 13 heteroatoms. The first-order chi connectivity index (χ1) is 24.2. The number of halogens is 1. The molecule has 1 aromatic heterocycles. The number of nitrogens with zero attached hydrogens (tertiary/aromatic N) is 4. The highest BCUT2D eigenvalue weighted by Crippen LogP contribution is 2.32. The van der Waals surface area contributed by atoms with Gasteiger partial charge in [0.2, 0.25) is 11.9 Å². The van der Waals surface area contributed by atoms with Crippen LogP contribution in [-0.4, -0.2) is 82.3 Å². The van der Waals surface area contributed by atoms with Crippen molar-refractivity contribution in [2.24, 2.45) is 0 Å². The Hall–Kier alpha value is -5.33. The van der Waals surface area contributed by atoms with E-state index in [0.717, 1.165) is 24.0 Å². The summed E-state index contributed by atoms with van der Waals surface area (Å²) in [5.74, 6) is -0.211. The second-order valence-electron chi connectivity index (χ2n) is 12.5. The molecule has 3 aliphatic heterocycles. The molecule has 3 aromatic carbocycles. The van der Waals surface area contributed by atoms with Gasteiger partial charge in [-0.05, 0) is 61.2 Å². The highest BCUT2D eigenvalue weighted by Gasteiger charge is 2.35. The molecule has 0 spiro atoms. The van der Waals surface area contributed by atoms with Crippen LogP contribution in [0.4, 0.5) is 5.95 Å². The zero-order chi connectivity index (χ0) is 34.8. The van der Waals surface area contributed by atoms with Crippen LogP contribution in [0, 0.1) is 0 Å². The molecule has 2 N–H and O–H groups in total. The van der Waals surface area contributed by atoms with E-state index >= 15 is 0 Å². The highest BCUT2D eigenvalue weighted by atomic mass is 35.5. The van der Waals surface area contributed by atoms with Gasteiger partial charge in [0, 0.05) is 36.9 Å². The Kier molecular flexibility index (Phi) is 9.46. The predicted molar refractivity (Wildman–Crippen MR) is 185 cm³/mol. The fourth-order valence-electron chi connectivity index (χ4n) is 6.41. The molecule has 0 bridgehead atoms. The molecule has 4 heterocycles. The maximum atomic E-state index is 13.4. The number of hydrogen-bond donors (Lipinski definition) is 2. The number of amides is 4. The van der Waals surface area contributed by atoms with E-state index in [1.54, 1.807) is 54.7 Å². The SMILES string of the molecule is CC(NC(=O)CN1Cc2ccc(-c3nc(NC4CCOCC4)ncc3Cl)cc2C1=O)c1cccc(OCCN2C(=O)c3ccccc3C2=O)c1. The smallest absolute Gasteiger partial charge is 0.261 e. The average Bonchev–Trinajstić information content (AvgIpc) is 3.56. The molecule has 0 radical (unpaired) electrons. The fraction of sp³-hybridized carbons (Fsp3) is 0.297. The summed E-state index contributed by atoms with van der Waals surface area (Å²) < 4.78 is 11.3. The predicted octanol–water partition coefficient (Wildman–Crippen LogP) is 4.90. The molecule has 1 unspecified atom stereocenters. The van der Waals surface area contributed by atoms with E-state index in [1.165, 1.54) is 9.80 Å². The minimum atomic E-state index is -0.377. The first-order valence-electron chi connectivity index (χ1n) is 16.5. The van der Waals surface area contributed by atoms with Crippen molar-refractivity contribution in [1.82, 2.24) is 25.1 Å². The molecular formula is C37H35ClN6O6. The Morgan fingerprint density at radius 2 is 1.74 bits per heavy atom. The summed E-state index contributed by atoms with van der Waals surface area (Å²) in [6.07, 6.45) is 3.28. The van der Waals surface area contributed by atoms with E-state index in [9.17, 15) is 19.2 Å². The second kappa shape index (κ2) is 14.3. The molecule has 256 valence electrons. The van der Waals surface area contributed by atoms with Crippen LogP contribution in [0.25, 0.3) is 11.3 Å². The standard InChI is InChI=1S/C37H35ClN6O6/c1-22(23-5-4-6-27(17-23)50-16-13-44-35(47)28-7-2-3-8-29(28)36(44)48)40-32(45)21-43-20-25-10-9-24(18-30(25)34(43)46)33-31(38)19-39-37(42-33)41-26-11-14-49-15-12-26/h2-10,17-19,22,26H,11-16,20-21H2,1H3,(H,40,45)(H,39,41,42). The van der Waals surface area contributed by atoms with Crippen LogP contribution < -0.4 is 15.4 Å². The lowest BCUT2D eigenvalue weighted by molar-refractivity contribution is -0.122. The molecule has 12 nitrogen and oxygen atoms in total. The lowest BCUT2D eigenvalue weighted by Crippen LogP contribution is -2.38. The summed E-state index contributed by atoms with van der Waals surface area (Å²) >= 11 is 6.49. The molecule has 1 fully saturated rings. The van der Waals surface area contributed by atoms with Crippen LogP contribution in [-0.2, 0) is 16.1 Å². The van der Waals surface area contributed by atoms with Crippen molar-refractivity contribution in [3.8, 4) is 17.0 Å². The highest BCUT2D eigenvalue weighted by molar-refractivity contribution is 6.33. The summed E-state index contributed by atoms with van der Waals surface area (Å²) in [7, 11) is 0. The quantitative estimate of drug-likeness (QED) is 0.210. The van der Waals surface area contributed by atoms with Crippen LogP contribution in [0.5, 0.6) is 5.75 Å². The van der Waals surface area contributed by atoms with Crippen LogP contribution >= 0.6 is 11.6 Å². The molecule has 0 saturated carbocycles. The van der Waals surface area contributed by atoms with Crippen molar-refractivity contribution in [3.63, 3.8) is 0 Å². The third kappa shape index (κ3) is 6.89. The Morgan fingerprint density at radius 1 is 0.980 bits per heavy atom. The van der Waals surface area contributed by atoms with Crippen molar-refractivity contribution in [3.05, 3.63) is 106 Å². The molecule has 50 heavy (non-hydrogen) atoms. The van der Waals surface area contributed by atoms with Gasteiger partial charge in [-0.3, -0.25) is 24.1 Å². The van der Waals surface area contributed by atoms with Crippen LogP contribution in [0.3, 0.4) is 0 Å². The molecule has 0 aliphatic carbocycles. The van der Waals surface area contributed by atoms with Gasteiger partial charge in [0.25, 0.3) is 17.7 Å². The number of nitrogens with one attached hydrogen (secondary N) is 2. The third-order valence-electron chi connectivity index (χ3n) is 9.09. The van der Waals surface area contributed by atoms with Crippen LogP contribution in [0.1, 0.15) is 68.0 Å². The molecule has 1 saturated heterocycles. The van der Waals surface area contributed by atoms with Gasteiger partial charge in [0.05, 0.1) is 40.6 Å². The molecule has 4 amide bonds. The zero-order valence-corrected chi connectivity index (χ0v) is 28.1. The van der Waals surface area contributed by atoms with Gasteiger partial charge >= 0.3 is 0 Å². The van der Waals surface area contributed by atoms with Gasteiger partial charge in [-0.25, -0.2) is 9.97 Å². The third-order valence-corrected chi connectivity index (χ3v) is 9.37. The number of fused-ring (bicyclic) bond motifs is 2. The minimum absolute atomic E-state index is 0.109. The summed E-state index contributed by atoms with van der Waals surface area (Å²) in [5.41, 5.74) is 4.11. The number of aromatic nitrogens is 2. The maximum Gasteiger partial charge on any atom is 0.261 e. The minimum Gasteiger partial charge on any atom is -0.492 e. The number of anilines is 1. The van der Waals surface area contributed by atoms with E-state index < -0.39 is 0 Å². The Labute approximate surface area is 293 Å². The number of ether oxygens (including phenoxy) is 2. The number of imide groups is 1. The largest absolute Gasteiger partial charge is 0.492 e. The summed E-state index contributed by atoms with van der Waals surface area (Å²) in [4.78, 5) is 63.5. The van der Waals surface area contributed by atoms with Gasteiger partial charge < -0.3 is 25.0 Å². The van der Waals surface area contributed by atoms with E-state index in [0.29, 0.717) is 64.4 Å². The van der Waals surface area contributed by atoms with Gasteiger partial charge in [0.15, 0.2) is 0 Å². The number of hydrogen-bond acceptors (Lipinski definition) is 9.